The molecule has 2 unspecified atom stereocenters. The van der Waals surface area contributed by atoms with Crippen LogP contribution >= 0.6 is 0 Å². The van der Waals surface area contributed by atoms with Crippen LogP contribution in [0.2, 0.25) is 0 Å². The van der Waals surface area contributed by atoms with Crippen LogP contribution in [0.25, 0.3) is 0 Å². The highest BCUT2D eigenvalue weighted by Gasteiger charge is 2.50. The predicted molar refractivity (Wildman–Crippen MR) is 164 cm³/mol. The molecule has 2 saturated heterocycles. The third-order valence-corrected chi connectivity index (χ3v) is 9.79. The minimum Gasteiger partial charge on any atom is -0.392 e. The second kappa shape index (κ2) is 10.7. The third kappa shape index (κ3) is 5.33. The van der Waals surface area contributed by atoms with Crippen LogP contribution in [0.15, 0.2) is 72.8 Å². The van der Waals surface area contributed by atoms with E-state index in [2.05, 4.69) is 25.7 Å². The molecule has 4 aliphatic rings. The van der Waals surface area contributed by atoms with E-state index in [-0.39, 0.29) is 30.6 Å². The van der Waals surface area contributed by atoms with Gasteiger partial charge in [-0.15, -0.1) is 0 Å². The first-order valence-electron chi connectivity index (χ1n) is 15.4. The Bertz CT molecular complexity index is 1500. The average Bonchev–Trinajstić information content (AvgIpc) is 3.39. The summed E-state index contributed by atoms with van der Waals surface area (Å²) in [5.74, 6) is -0.615. The number of nitrogens with zero attached hydrogens (tertiary/aromatic N) is 2. The SMILES string of the molecule is CC1(C)CC2CC(C)(CN2C[C@@H]2C[C@H](c3ccc(CO)cc3)O[C@H](c3ccc(N4C(=O)c5ccccc5C4=O)cc3)O2)C1. The number of benzene rings is 3. The number of hydrogen-bond acceptors (Lipinski definition) is 6. The van der Waals surface area contributed by atoms with Crippen LogP contribution in [0.4, 0.5) is 5.69 Å². The van der Waals surface area contributed by atoms with Crippen molar-refractivity contribution in [2.75, 3.05) is 18.0 Å². The zero-order valence-corrected chi connectivity index (χ0v) is 25.2. The lowest BCUT2D eigenvalue weighted by Crippen LogP contribution is -2.42. The van der Waals surface area contributed by atoms with E-state index in [1.165, 1.54) is 24.2 Å². The fourth-order valence-electron chi connectivity index (χ4n) is 8.29. The molecule has 1 N–H and O–H groups in total. The molecule has 1 saturated carbocycles. The molecule has 7 heteroatoms. The number of fused-ring (bicyclic) bond motifs is 3. The first-order chi connectivity index (χ1) is 20.6. The number of carbonyl (C=O) groups excluding carboxylic acids is 2. The second-order valence-corrected chi connectivity index (χ2v) is 14.1. The Morgan fingerprint density at radius 3 is 2.14 bits per heavy atom. The number of aliphatic hydroxyl groups is 1. The monoisotopic (exact) mass is 580 g/mol. The van der Waals surface area contributed by atoms with E-state index in [1.54, 1.807) is 36.4 Å². The fraction of sp³-hybridized carbons (Fsp3) is 0.444. The summed E-state index contributed by atoms with van der Waals surface area (Å²) in [7, 11) is 0. The lowest BCUT2D eigenvalue weighted by molar-refractivity contribution is -0.253. The Hall–Kier alpha value is -3.36. The molecular formula is C36H40N2O5. The summed E-state index contributed by atoms with van der Waals surface area (Å²) in [4.78, 5) is 29.9. The van der Waals surface area contributed by atoms with E-state index in [9.17, 15) is 14.7 Å². The molecule has 3 aromatic carbocycles. The normalized spacial score (nSPS) is 30.1. The van der Waals surface area contributed by atoms with Crippen molar-refractivity contribution in [3.63, 3.8) is 0 Å². The van der Waals surface area contributed by atoms with Gasteiger partial charge in [0.15, 0.2) is 6.29 Å². The average molecular weight is 581 g/mol. The van der Waals surface area contributed by atoms with E-state index in [0.29, 0.717) is 33.7 Å². The van der Waals surface area contributed by atoms with E-state index in [0.717, 1.165) is 36.2 Å². The van der Waals surface area contributed by atoms with Gasteiger partial charge in [0.1, 0.15) is 0 Å². The quantitative estimate of drug-likeness (QED) is 0.339. The number of imide groups is 1. The van der Waals surface area contributed by atoms with Crippen molar-refractivity contribution >= 4 is 17.5 Å². The standard InChI is InChI=1S/C36H40N2O5/c1-35(2)17-27-18-36(3,21-35)22-37(27)19-28-16-31(24-10-8-23(20-39)9-11-24)43-34(42-28)25-12-14-26(15-13-25)38-32(40)29-6-4-5-7-30(29)33(38)41/h4-15,27-28,31,34,39H,16-22H2,1-3H3/t27?,28-,31+,34+,36?/m0/s1. The number of amides is 2. The molecule has 7 nitrogen and oxygen atoms in total. The van der Waals surface area contributed by atoms with Crippen molar-refractivity contribution in [1.29, 1.82) is 0 Å². The zero-order chi connectivity index (χ0) is 29.9. The van der Waals surface area contributed by atoms with Crippen molar-refractivity contribution in [1.82, 2.24) is 4.90 Å². The molecule has 3 aromatic rings. The number of likely N-dealkylation sites (tertiary alicyclic amines) is 1. The Balaban J connectivity index is 1.13. The van der Waals surface area contributed by atoms with E-state index in [4.69, 9.17) is 9.47 Å². The third-order valence-electron chi connectivity index (χ3n) is 9.79. The van der Waals surface area contributed by atoms with Crippen LogP contribution in [0.1, 0.15) is 96.3 Å². The molecule has 3 fully saturated rings. The molecule has 1 aliphatic carbocycles. The number of aliphatic hydroxyl groups excluding tert-OH is 1. The molecule has 43 heavy (non-hydrogen) atoms. The first-order valence-corrected chi connectivity index (χ1v) is 15.4. The maximum absolute atomic E-state index is 13.0. The maximum atomic E-state index is 13.0. The summed E-state index contributed by atoms with van der Waals surface area (Å²) >= 11 is 0. The molecule has 3 heterocycles. The van der Waals surface area contributed by atoms with Gasteiger partial charge in [-0.1, -0.05) is 69.3 Å². The predicted octanol–water partition coefficient (Wildman–Crippen LogP) is 6.43. The van der Waals surface area contributed by atoms with Crippen molar-refractivity contribution in [2.24, 2.45) is 10.8 Å². The van der Waals surface area contributed by atoms with Gasteiger partial charge in [0.2, 0.25) is 0 Å². The van der Waals surface area contributed by atoms with Gasteiger partial charge in [-0.05, 0) is 65.5 Å². The number of anilines is 1. The summed E-state index contributed by atoms with van der Waals surface area (Å²) in [5, 5.41) is 9.55. The van der Waals surface area contributed by atoms with Crippen LogP contribution in [0.3, 0.4) is 0 Å². The molecule has 2 amide bonds. The molecular weight excluding hydrogens is 540 g/mol. The van der Waals surface area contributed by atoms with Gasteiger partial charge < -0.3 is 14.6 Å². The van der Waals surface area contributed by atoms with E-state index in [1.807, 2.05) is 36.4 Å². The second-order valence-electron chi connectivity index (χ2n) is 14.1. The number of ether oxygens (including phenoxy) is 2. The number of hydrogen-bond donors (Lipinski definition) is 1. The summed E-state index contributed by atoms with van der Waals surface area (Å²) in [6.45, 7) is 9.20. The maximum Gasteiger partial charge on any atom is 0.266 e. The van der Waals surface area contributed by atoms with Crippen LogP contribution in [-0.2, 0) is 16.1 Å². The summed E-state index contributed by atoms with van der Waals surface area (Å²) in [5.41, 5.74) is 4.85. The summed E-state index contributed by atoms with van der Waals surface area (Å²) in [6.07, 6.45) is 3.67. The van der Waals surface area contributed by atoms with Gasteiger partial charge in [-0.2, -0.15) is 0 Å². The van der Waals surface area contributed by atoms with Gasteiger partial charge in [0.25, 0.3) is 11.8 Å². The molecule has 3 aliphatic heterocycles. The van der Waals surface area contributed by atoms with Gasteiger partial charge in [0, 0.05) is 31.1 Å². The molecule has 0 radical (unpaired) electrons. The fourth-order valence-corrected chi connectivity index (χ4v) is 8.29. The molecule has 2 bridgehead atoms. The molecule has 224 valence electrons. The summed E-state index contributed by atoms with van der Waals surface area (Å²) < 4.78 is 13.2. The largest absolute Gasteiger partial charge is 0.392 e. The molecule has 5 atom stereocenters. The lowest BCUT2D eigenvalue weighted by atomic mass is 9.65. The highest BCUT2D eigenvalue weighted by Crippen LogP contribution is 2.53. The van der Waals surface area contributed by atoms with Gasteiger partial charge in [0.05, 0.1) is 35.6 Å². The first kappa shape index (κ1) is 28.4. The molecule has 0 aromatic heterocycles. The Labute approximate surface area is 253 Å². The lowest BCUT2D eigenvalue weighted by Gasteiger charge is -2.41. The zero-order valence-electron chi connectivity index (χ0n) is 25.2. The van der Waals surface area contributed by atoms with Crippen LogP contribution in [0.5, 0.6) is 0 Å². The van der Waals surface area contributed by atoms with Crippen LogP contribution in [-0.4, -0.2) is 47.1 Å². The van der Waals surface area contributed by atoms with Gasteiger partial charge in [-0.3, -0.25) is 14.5 Å². The summed E-state index contributed by atoms with van der Waals surface area (Å²) in [6, 6.07) is 22.8. The highest BCUT2D eigenvalue weighted by molar-refractivity contribution is 6.34. The number of rotatable bonds is 6. The molecule has 7 rings (SSSR count). The van der Waals surface area contributed by atoms with Crippen molar-refractivity contribution < 1.29 is 24.2 Å². The van der Waals surface area contributed by atoms with Crippen molar-refractivity contribution in [2.45, 2.75) is 77.6 Å². The minimum atomic E-state index is -0.591. The van der Waals surface area contributed by atoms with Crippen LogP contribution in [0, 0.1) is 10.8 Å². The van der Waals surface area contributed by atoms with E-state index < -0.39 is 6.29 Å². The smallest absolute Gasteiger partial charge is 0.266 e. The minimum absolute atomic E-state index is 0.00504. The Morgan fingerprint density at radius 1 is 0.837 bits per heavy atom. The Morgan fingerprint density at radius 2 is 1.49 bits per heavy atom. The topological polar surface area (TPSA) is 79.3 Å². The van der Waals surface area contributed by atoms with E-state index >= 15 is 0 Å². The van der Waals surface area contributed by atoms with Crippen molar-refractivity contribution in [3.05, 3.63) is 101 Å². The Kier molecular flexibility index (Phi) is 7.05. The van der Waals surface area contributed by atoms with Gasteiger partial charge >= 0.3 is 0 Å². The van der Waals surface area contributed by atoms with Gasteiger partial charge in [-0.25, -0.2) is 4.90 Å². The van der Waals surface area contributed by atoms with Crippen molar-refractivity contribution in [3.8, 4) is 0 Å². The molecule has 0 spiro atoms. The number of carbonyl (C=O) groups is 2. The van der Waals surface area contributed by atoms with Crippen LogP contribution < -0.4 is 4.90 Å². The highest BCUT2D eigenvalue weighted by atomic mass is 16.7.